The number of aliphatic hydroxyl groups is 1. The van der Waals surface area contributed by atoms with E-state index in [9.17, 15) is 27.9 Å². The van der Waals surface area contributed by atoms with E-state index >= 15 is 0 Å². The third kappa shape index (κ3) is 2.66. The minimum Gasteiger partial charge on any atom is -0.363 e. The molecule has 0 aromatic heterocycles. The van der Waals surface area contributed by atoms with Gasteiger partial charge in [-0.1, -0.05) is 29.8 Å². The highest BCUT2D eigenvalue weighted by Gasteiger charge is 2.65. The molecule has 1 heterocycles. The van der Waals surface area contributed by atoms with Gasteiger partial charge in [-0.2, -0.15) is 13.2 Å². The first-order chi connectivity index (χ1) is 10.1. The fourth-order valence-corrected chi connectivity index (χ4v) is 2.58. The topological polar surface area (TPSA) is 78.4 Å². The molecule has 1 fully saturated rings. The molecule has 8 heteroatoms. The highest BCUT2D eigenvalue weighted by molar-refractivity contribution is 5.86. The average Bonchev–Trinajstić information content (AvgIpc) is 2.36. The molecule has 1 saturated heterocycles. The molecule has 1 aliphatic heterocycles. The number of carbonyl (C=O) groups is 2. The lowest BCUT2D eigenvalue weighted by Gasteiger charge is -2.44. The summed E-state index contributed by atoms with van der Waals surface area (Å²) in [6.07, 6.45) is -5.19. The van der Waals surface area contributed by atoms with E-state index in [0.29, 0.717) is 5.56 Å². The lowest BCUT2D eigenvalue weighted by Crippen LogP contribution is -2.72. The molecule has 120 valence electrons. The van der Waals surface area contributed by atoms with Crippen LogP contribution in [-0.4, -0.2) is 28.8 Å². The second-order valence-corrected chi connectivity index (χ2v) is 5.34. The summed E-state index contributed by atoms with van der Waals surface area (Å²) in [7, 11) is 0. The Morgan fingerprint density at radius 2 is 1.82 bits per heavy atom. The fraction of sp³-hybridized carbons (Fsp3) is 0.429. The van der Waals surface area contributed by atoms with Crippen LogP contribution in [0.3, 0.4) is 0 Å². The summed E-state index contributed by atoms with van der Waals surface area (Å²) in [5.41, 5.74) is -2.44. The second-order valence-electron chi connectivity index (χ2n) is 5.34. The normalized spacial score (nSPS) is 28.7. The summed E-state index contributed by atoms with van der Waals surface area (Å²) < 4.78 is 39.7. The molecule has 2 amide bonds. The summed E-state index contributed by atoms with van der Waals surface area (Å²) in [5.74, 6) is -2.79. The van der Waals surface area contributed by atoms with Gasteiger partial charge < -0.3 is 15.7 Å². The fourth-order valence-electron chi connectivity index (χ4n) is 2.58. The van der Waals surface area contributed by atoms with Crippen LogP contribution in [-0.2, 0) is 4.79 Å². The quantitative estimate of drug-likeness (QED) is 0.778. The number of benzene rings is 1. The molecule has 3 unspecified atom stereocenters. The maximum Gasteiger partial charge on any atom is 0.437 e. The molecule has 5 nitrogen and oxygen atoms in total. The lowest BCUT2D eigenvalue weighted by molar-refractivity contribution is -0.290. The molecule has 0 radical (unpaired) electrons. The first kappa shape index (κ1) is 16.3. The number of alkyl halides is 3. The summed E-state index contributed by atoms with van der Waals surface area (Å²) >= 11 is 0. The van der Waals surface area contributed by atoms with Crippen LogP contribution in [0.1, 0.15) is 24.1 Å². The van der Waals surface area contributed by atoms with Crippen LogP contribution >= 0.6 is 0 Å². The third-order valence-corrected chi connectivity index (χ3v) is 3.68. The number of urea groups is 1. The van der Waals surface area contributed by atoms with Crippen LogP contribution in [0.15, 0.2) is 24.3 Å². The predicted octanol–water partition coefficient (Wildman–Crippen LogP) is 1.81. The van der Waals surface area contributed by atoms with Crippen molar-refractivity contribution in [2.45, 2.75) is 31.8 Å². The van der Waals surface area contributed by atoms with E-state index in [-0.39, 0.29) is 0 Å². The monoisotopic (exact) mass is 316 g/mol. The summed E-state index contributed by atoms with van der Waals surface area (Å²) in [6, 6.07) is 3.85. The molecule has 1 aliphatic rings. The van der Waals surface area contributed by atoms with Crippen molar-refractivity contribution in [1.29, 1.82) is 0 Å². The van der Waals surface area contributed by atoms with E-state index in [0.717, 1.165) is 12.5 Å². The maximum atomic E-state index is 13.2. The zero-order valence-electron chi connectivity index (χ0n) is 11.9. The summed E-state index contributed by atoms with van der Waals surface area (Å²) in [5, 5.41) is 13.7. The Kier molecular flexibility index (Phi) is 3.90. The number of nitrogens with one attached hydrogen (secondary N) is 2. The SMILES string of the molecule is CC(=O)C1C(c2ccc(C)cc2)NC(=O)NC1(O)C(F)(F)F. The van der Waals surface area contributed by atoms with Gasteiger partial charge in [-0.05, 0) is 19.4 Å². The van der Waals surface area contributed by atoms with Gasteiger partial charge in [0.05, 0.1) is 12.0 Å². The van der Waals surface area contributed by atoms with Gasteiger partial charge in [-0.25, -0.2) is 4.79 Å². The van der Waals surface area contributed by atoms with Crippen LogP contribution in [0.4, 0.5) is 18.0 Å². The summed E-state index contributed by atoms with van der Waals surface area (Å²) in [6.45, 7) is 2.74. The smallest absolute Gasteiger partial charge is 0.363 e. The van der Waals surface area contributed by atoms with Crippen molar-refractivity contribution >= 4 is 11.8 Å². The molecule has 1 aromatic carbocycles. The van der Waals surface area contributed by atoms with Crippen molar-refractivity contribution in [1.82, 2.24) is 10.6 Å². The Morgan fingerprint density at radius 3 is 2.27 bits per heavy atom. The van der Waals surface area contributed by atoms with Crippen molar-refractivity contribution in [2.75, 3.05) is 0 Å². The molecule has 0 aliphatic carbocycles. The van der Waals surface area contributed by atoms with Crippen molar-refractivity contribution in [2.24, 2.45) is 5.92 Å². The average molecular weight is 316 g/mol. The zero-order chi connectivity index (χ0) is 16.7. The van der Waals surface area contributed by atoms with Crippen molar-refractivity contribution in [3.63, 3.8) is 0 Å². The third-order valence-electron chi connectivity index (χ3n) is 3.68. The molecule has 1 aromatic rings. The van der Waals surface area contributed by atoms with Gasteiger partial charge in [-0.3, -0.25) is 4.79 Å². The van der Waals surface area contributed by atoms with E-state index in [1.54, 1.807) is 19.1 Å². The van der Waals surface area contributed by atoms with Crippen molar-refractivity contribution in [3.05, 3.63) is 35.4 Å². The van der Waals surface area contributed by atoms with E-state index in [4.69, 9.17) is 0 Å². The number of aryl methyl sites for hydroxylation is 1. The number of Topliss-reactive ketones (excluding diaryl/α,β-unsaturated/α-hetero) is 1. The van der Waals surface area contributed by atoms with Crippen LogP contribution in [0, 0.1) is 12.8 Å². The largest absolute Gasteiger partial charge is 0.437 e. The Morgan fingerprint density at radius 1 is 1.27 bits per heavy atom. The van der Waals surface area contributed by atoms with Crippen LogP contribution in [0.5, 0.6) is 0 Å². The molecule has 22 heavy (non-hydrogen) atoms. The number of hydrogen-bond donors (Lipinski definition) is 3. The number of rotatable bonds is 2. The van der Waals surface area contributed by atoms with Gasteiger partial charge in [-0.15, -0.1) is 0 Å². The lowest BCUT2D eigenvalue weighted by atomic mass is 9.79. The molecule has 3 atom stereocenters. The molecule has 2 rings (SSSR count). The van der Waals surface area contributed by atoms with Gasteiger partial charge in [0.25, 0.3) is 0 Å². The van der Waals surface area contributed by atoms with Gasteiger partial charge in [0.15, 0.2) is 0 Å². The van der Waals surface area contributed by atoms with E-state index in [1.165, 1.54) is 17.4 Å². The van der Waals surface area contributed by atoms with Crippen molar-refractivity contribution < 1.29 is 27.9 Å². The molecular weight excluding hydrogens is 301 g/mol. The molecule has 0 saturated carbocycles. The highest BCUT2D eigenvalue weighted by Crippen LogP contribution is 2.42. The van der Waals surface area contributed by atoms with E-state index in [2.05, 4.69) is 5.32 Å². The molecule has 0 spiro atoms. The van der Waals surface area contributed by atoms with E-state index < -0.39 is 35.7 Å². The van der Waals surface area contributed by atoms with Gasteiger partial charge in [0.1, 0.15) is 5.78 Å². The maximum absolute atomic E-state index is 13.2. The van der Waals surface area contributed by atoms with Gasteiger partial charge in [0, 0.05) is 0 Å². The zero-order valence-corrected chi connectivity index (χ0v) is 11.9. The number of amides is 2. The number of halogens is 3. The summed E-state index contributed by atoms with van der Waals surface area (Å²) in [4.78, 5) is 23.3. The Balaban J connectivity index is 2.54. The number of ketones is 1. The standard InChI is InChI=1S/C14H15F3N2O3/c1-7-3-5-9(6-4-7)11-10(8(2)20)13(22,14(15,16)17)19-12(21)18-11/h3-6,10-11,22H,1-2H3,(H2,18,19,21). The molecule has 0 bridgehead atoms. The minimum absolute atomic E-state index is 0.309. The first-order valence-electron chi connectivity index (χ1n) is 6.51. The number of hydrogen-bond acceptors (Lipinski definition) is 3. The Labute approximate surface area is 124 Å². The number of carbonyl (C=O) groups excluding carboxylic acids is 2. The van der Waals surface area contributed by atoms with E-state index in [1.807, 2.05) is 0 Å². The highest BCUT2D eigenvalue weighted by atomic mass is 19.4. The van der Waals surface area contributed by atoms with Crippen molar-refractivity contribution in [3.8, 4) is 0 Å². The molecule has 3 N–H and O–H groups in total. The second kappa shape index (κ2) is 5.28. The van der Waals surface area contributed by atoms with Crippen LogP contribution < -0.4 is 10.6 Å². The van der Waals surface area contributed by atoms with Crippen LogP contribution in [0.2, 0.25) is 0 Å². The van der Waals surface area contributed by atoms with Gasteiger partial charge >= 0.3 is 12.2 Å². The predicted molar refractivity (Wildman–Crippen MR) is 70.8 cm³/mol. The van der Waals surface area contributed by atoms with Crippen LogP contribution in [0.25, 0.3) is 0 Å². The molecular formula is C14H15F3N2O3. The minimum atomic E-state index is -5.19. The Hall–Kier alpha value is -2.09. The Bertz CT molecular complexity index is 600. The first-order valence-corrected chi connectivity index (χ1v) is 6.51. The van der Waals surface area contributed by atoms with Gasteiger partial charge in [0.2, 0.25) is 5.72 Å².